The predicted molar refractivity (Wildman–Crippen MR) is 175 cm³/mol. The van der Waals surface area contributed by atoms with E-state index in [0.29, 0.717) is 62.5 Å². The van der Waals surface area contributed by atoms with Gasteiger partial charge in [-0.25, -0.2) is 9.98 Å². The van der Waals surface area contributed by atoms with Crippen LogP contribution >= 0.6 is 0 Å². The molecule has 0 radical (unpaired) electrons. The summed E-state index contributed by atoms with van der Waals surface area (Å²) < 4.78 is 16.1. The number of aliphatic hydroxyl groups is 1. The Labute approximate surface area is 286 Å². The Morgan fingerprint density at radius 1 is 0.702 bits per heavy atom. The number of hydrogen-bond acceptors (Lipinski definition) is 8. The molecule has 0 spiro atoms. The smallest absolute Gasteiger partial charge is 0.621 e. The van der Waals surface area contributed by atoms with Crippen molar-refractivity contribution in [2.24, 2.45) is 9.98 Å². The Kier molecular flexibility index (Phi) is 11.7. The van der Waals surface area contributed by atoms with Gasteiger partial charge in [0.25, 0.3) is 0 Å². The number of nitrogens with zero attached hydrogens (tertiary/aromatic N) is 4. The van der Waals surface area contributed by atoms with Gasteiger partial charge in [0.05, 0.1) is 36.5 Å². The molecule has 4 aromatic carbocycles. The number of terminal acetylenes is 2. The number of ether oxygens (including phenoxy) is 3. The first-order valence-corrected chi connectivity index (χ1v) is 13.9. The van der Waals surface area contributed by atoms with Gasteiger partial charge in [0.1, 0.15) is 30.8 Å². The van der Waals surface area contributed by atoms with Gasteiger partial charge in [-0.15, -0.1) is 24.2 Å². The van der Waals surface area contributed by atoms with Crippen LogP contribution in [-0.4, -0.2) is 48.7 Å². The number of carbonyl (C=O) groups is 2. The second-order valence-corrected chi connectivity index (χ2v) is 9.56. The predicted octanol–water partition coefficient (Wildman–Crippen LogP) is 6.23. The molecule has 2 heterocycles. The Morgan fingerprint density at radius 2 is 1.19 bits per heavy atom. The zero-order valence-electron chi connectivity index (χ0n) is 25.0. The van der Waals surface area contributed by atoms with Crippen molar-refractivity contribution in [2.45, 2.75) is 6.61 Å². The largest absolute Gasteiger partial charge is 2.00 e. The molecule has 0 fully saturated rings. The van der Waals surface area contributed by atoms with E-state index in [1.165, 1.54) is 0 Å². The summed E-state index contributed by atoms with van der Waals surface area (Å²) >= 11 is 0. The summed E-state index contributed by atoms with van der Waals surface area (Å²) in [5.74, 6) is 5.51. The van der Waals surface area contributed by atoms with Crippen LogP contribution in [0.4, 0.5) is 22.7 Å². The summed E-state index contributed by atoms with van der Waals surface area (Å²) in [6, 6.07) is 24.7. The maximum atomic E-state index is 12.0. The van der Waals surface area contributed by atoms with Crippen LogP contribution in [0.25, 0.3) is 10.6 Å². The zero-order chi connectivity index (χ0) is 32.5. The second-order valence-electron chi connectivity index (χ2n) is 9.56. The van der Waals surface area contributed by atoms with E-state index in [2.05, 4.69) is 32.5 Å². The summed E-state index contributed by atoms with van der Waals surface area (Å²) in [5.41, 5.74) is 4.98. The van der Waals surface area contributed by atoms with E-state index >= 15 is 0 Å². The van der Waals surface area contributed by atoms with Gasteiger partial charge in [0, 0.05) is 17.7 Å². The molecule has 47 heavy (non-hydrogen) atoms. The maximum absolute atomic E-state index is 12.0. The van der Waals surface area contributed by atoms with E-state index in [1.54, 1.807) is 61.7 Å². The number of amides is 2. The number of fused-ring (bicyclic) bond motifs is 2. The van der Waals surface area contributed by atoms with Gasteiger partial charge in [-0.3, -0.25) is 0 Å². The third-order valence-corrected chi connectivity index (χ3v) is 6.64. The van der Waals surface area contributed by atoms with Crippen LogP contribution in [0.1, 0.15) is 16.7 Å². The number of benzene rings is 4. The molecule has 11 heteroatoms. The van der Waals surface area contributed by atoms with Gasteiger partial charge in [0.15, 0.2) is 11.5 Å². The van der Waals surface area contributed by atoms with Crippen LogP contribution in [0.2, 0.25) is 0 Å². The Morgan fingerprint density at radius 3 is 1.70 bits per heavy atom. The minimum atomic E-state index is -0.372. The third kappa shape index (κ3) is 7.95. The molecule has 2 aliphatic heterocycles. The Balaban J connectivity index is 0.000000208. The summed E-state index contributed by atoms with van der Waals surface area (Å²) in [4.78, 5) is 32.9. The van der Waals surface area contributed by atoms with Gasteiger partial charge in [-0.1, -0.05) is 66.4 Å². The molecule has 1 N–H and O–H groups in total. The van der Waals surface area contributed by atoms with Gasteiger partial charge in [-0.2, -0.15) is 0 Å². The van der Waals surface area contributed by atoms with E-state index in [1.807, 2.05) is 30.3 Å². The van der Waals surface area contributed by atoms with Crippen molar-refractivity contribution in [1.29, 1.82) is 0 Å². The maximum Gasteiger partial charge on any atom is 2.00 e. The Bertz CT molecular complexity index is 1820. The van der Waals surface area contributed by atoms with E-state index in [4.69, 9.17) is 27.1 Å². The fourth-order valence-corrected chi connectivity index (χ4v) is 4.54. The first kappa shape index (κ1) is 34.2. The molecule has 0 saturated heterocycles. The van der Waals surface area contributed by atoms with Crippen LogP contribution in [0.15, 0.2) is 94.9 Å². The molecule has 4 aromatic rings. The summed E-state index contributed by atoms with van der Waals surface area (Å²) in [5, 5.41) is 17.3. The molecule has 2 aliphatic rings. The molecule has 0 unspecified atom stereocenters. The number of hydrogen-bond donors (Lipinski definition) is 1. The van der Waals surface area contributed by atoms with Gasteiger partial charge < -0.3 is 39.5 Å². The number of methoxy groups -OCH3 is 1. The number of para-hydroxylation sites is 2. The molecule has 0 aromatic heterocycles. The third-order valence-electron chi connectivity index (χ3n) is 6.64. The van der Waals surface area contributed by atoms with Gasteiger partial charge in [0.2, 0.25) is 0 Å². The van der Waals surface area contributed by atoms with E-state index in [0.717, 1.165) is 5.56 Å². The molecule has 2 amide bonds. The molecular formula is C36H26N4O6W. The fourth-order valence-electron chi connectivity index (χ4n) is 4.54. The number of aliphatic imine (C=N–C) groups is 2. The molecule has 0 bridgehead atoms. The van der Waals surface area contributed by atoms with Gasteiger partial charge in [-0.05, 0) is 29.3 Å². The summed E-state index contributed by atoms with van der Waals surface area (Å²) in [6.07, 6.45) is 10.4. The molecule has 0 aliphatic carbocycles. The monoisotopic (exact) mass is 794 g/mol. The first-order valence-electron chi connectivity index (χ1n) is 13.9. The fraction of sp³-hybridized carbons (Fsp3) is 0.111. The van der Waals surface area contributed by atoms with Crippen LogP contribution < -0.4 is 14.2 Å². The standard InChI is InChI=1S/2C18H14N2O3.W/c1-3-10-23-16-11-12(8-9-15(16)22-2)19-17-13-6-4-5-7-14(13)20-18(17)21;1-2-9-23-16-10-13(8-7-12(16)11-21)19-17-14-5-3-4-6-15(14)20-18(17)22;/h1,4-9,11H,10H2,2H3,(H,19,20,21);1,3-8,10,21H,9,11H2,(H,19,20,22);/q;;+2/p-2. The Hall–Kier alpha value is -5.67. The topological polar surface area (TPSA) is 135 Å². The normalized spacial score (nSPS) is 13.9. The number of aliphatic hydroxyl groups excluding tert-OH is 1. The molecule has 6 rings (SSSR count). The molecule has 0 saturated carbocycles. The van der Waals surface area contributed by atoms with E-state index < -0.39 is 0 Å². The van der Waals surface area contributed by atoms with Crippen molar-refractivity contribution in [3.05, 3.63) is 112 Å². The summed E-state index contributed by atoms with van der Waals surface area (Å²) in [7, 11) is 1.54. The van der Waals surface area contributed by atoms with Crippen LogP contribution in [0, 0.1) is 24.7 Å². The van der Waals surface area contributed by atoms with Crippen molar-refractivity contribution in [2.75, 3.05) is 20.3 Å². The van der Waals surface area contributed by atoms with Crippen molar-refractivity contribution in [3.8, 4) is 41.9 Å². The second kappa shape index (κ2) is 16.1. The van der Waals surface area contributed by atoms with Crippen LogP contribution in [0.5, 0.6) is 17.2 Å². The number of rotatable bonds is 8. The van der Waals surface area contributed by atoms with E-state index in [-0.39, 0.29) is 52.7 Å². The average molecular weight is 794 g/mol. The number of carbonyl (C=O) groups excluding carboxylic acids is 2. The zero-order valence-corrected chi connectivity index (χ0v) is 28.0. The minimum absolute atomic E-state index is 0. The SMILES string of the molecule is C#CCOc1cc(N=C2C(=O)[N-]c3ccccc32)ccc1CO.C#CCOc1cc(N=C2C(=O)[N-]c3ccccc32)ccc1OC.[W+2]. The average Bonchev–Trinajstić information content (AvgIpc) is 3.57. The van der Waals surface area contributed by atoms with Crippen LogP contribution in [0.3, 0.4) is 0 Å². The van der Waals surface area contributed by atoms with Crippen molar-refractivity contribution < 1.29 is 50.0 Å². The van der Waals surface area contributed by atoms with Crippen molar-refractivity contribution in [1.82, 2.24) is 0 Å². The van der Waals surface area contributed by atoms with Gasteiger partial charge >= 0.3 is 21.1 Å². The molecular weight excluding hydrogens is 768 g/mol. The summed E-state index contributed by atoms with van der Waals surface area (Å²) in [6.45, 7) is 0.0332. The molecule has 10 nitrogen and oxygen atoms in total. The first-order chi connectivity index (χ1) is 22.4. The molecule has 0 atom stereocenters. The van der Waals surface area contributed by atoms with Crippen molar-refractivity contribution in [3.63, 3.8) is 0 Å². The quantitative estimate of drug-likeness (QED) is 0.211. The minimum Gasteiger partial charge on any atom is -0.621 e. The van der Waals surface area contributed by atoms with Crippen molar-refractivity contribution >= 4 is 46.0 Å². The van der Waals surface area contributed by atoms with E-state index in [9.17, 15) is 14.7 Å². The van der Waals surface area contributed by atoms with Crippen LogP contribution in [-0.2, 0) is 37.3 Å². The molecule has 232 valence electrons.